The summed E-state index contributed by atoms with van der Waals surface area (Å²) in [6.45, 7) is 4.85. The largest absolute Gasteiger partial charge is 0.326 e. The predicted molar refractivity (Wildman–Crippen MR) is 126 cm³/mol. The number of imidazole rings is 1. The van der Waals surface area contributed by atoms with Crippen LogP contribution < -0.4 is 5.69 Å². The van der Waals surface area contributed by atoms with Gasteiger partial charge in [-0.15, -0.1) is 0 Å². The number of nitrogens with one attached hydrogen (secondary N) is 1. The fourth-order valence-electron chi connectivity index (χ4n) is 5.05. The van der Waals surface area contributed by atoms with Crippen molar-refractivity contribution in [3.8, 4) is 0 Å². The number of hydrogen-bond acceptors (Lipinski definition) is 5. The number of hydrogen-bond donors (Lipinski definition) is 1. The number of piperidine rings is 1. The summed E-state index contributed by atoms with van der Waals surface area (Å²) in [7, 11) is -3.72. The molecule has 0 aliphatic carbocycles. The van der Waals surface area contributed by atoms with Gasteiger partial charge in [0, 0.05) is 25.7 Å². The maximum atomic E-state index is 12.6. The highest BCUT2D eigenvalue weighted by atomic mass is 32.2. The monoisotopic (exact) mass is 468 g/mol. The summed E-state index contributed by atoms with van der Waals surface area (Å²) in [6, 6.07) is 12.6. The molecule has 5 rings (SSSR count). The van der Waals surface area contributed by atoms with Crippen LogP contribution in [-0.4, -0.2) is 59.3 Å². The molecule has 1 amide bonds. The van der Waals surface area contributed by atoms with Crippen LogP contribution in [0, 0.1) is 6.92 Å². The van der Waals surface area contributed by atoms with Crippen molar-refractivity contribution in [2.24, 2.45) is 0 Å². The van der Waals surface area contributed by atoms with Crippen molar-refractivity contribution in [1.82, 2.24) is 18.8 Å². The van der Waals surface area contributed by atoms with Crippen molar-refractivity contribution < 1.29 is 13.2 Å². The molecule has 2 aliphatic rings. The molecular formula is C24H28N4O4S. The van der Waals surface area contributed by atoms with E-state index in [4.69, 9.17) is 0 Å². The first kappa shape index (κ1) is 21.9. The number of amides is 1. The molecule has 33 heavy (non-hydrogen) atoms. The van der Waals surface area contributed by atoms with Gasteiger partial charge < -0.3 is 9.88 Å². The summed E-state index contributed by atoms with van der Waals surface area (Å²) < 4.78 is 28.2. The van der Waals surface area contributed by atoms with E-state index in [1.54, 1.807) is 18.2 Å². The average molecular weight is 469 g/mol. The predicted octanol–water partition coefficient (Wildman–Crippen LogP) is 2.90. The van der Waals surface area contributed by atoms with E-state index in [1.165, 1.54) is 6.07 Å². The highest BCUT2D eigenvalue weighted by molar-refractivity contribution is 7.90. The van der Waals surface area contributed by atoms with Crippen LogP contribution >= 0.6 is 0 Å². The molecule has 0 bridgehead atoms. The molecule has 174 valence electrons. The van der Waals surface area contributed by atoms with E-state index in [0.29, 0.717) is 6.42 Å². The number of likely N-dealkylation sites (tertiary alicyclic amines) is 1. The second-order valence-corrected chi connectivity index (χ2v) is 10.8. The number of aromatic nitrogens is 2. The molecular weight excluding hydrogens is 440 g/mol. The lowest BCUT2D eigenvalue weighted by Crippen LogP contribution is -2.37. The Morgan fingerprint density at radius 2 is 1.73 bits per heavy atom. The maximum absolute atomic E-state index is 12.6. The van der Waals surface area contributed by atoms with Crippen LogP contribution in [0.1, 0.15) is 47.6 Å². The van der Waals surface area contributed by atoms with E-state index in [2.05, 4.69) is 9.88 Å². The first-order valence-corrected chi connectivity index (χ1v) is 12.9. The Kier molecular flexibility index (Phi) is 5.62. The van der Waals surface area contributed by atoms with Crippen molar-refractivity contribution in [3.63, 3.8) is 0 Å². The lowest BCUT2D eigenvalue weighted by atomic mass is 10.0. The van der Waals surface area contributed by atoms with Gasteiger partial charge >= 0.3 is 5.69 Å². The minimum Gasteiger partial charge on any atom is -0.306 e. The van der Waals surface area contributed by atoms with Gasteiger partial charge in [0.2, 0.25) is 0 Å². The molecule has 3 aromatic rings. The van der Waals surface area contributed by atoms with E-state index in [1.807, 2.05) is 29.7 Å². The van der Waals surface area contributed by atoms with E-state index in [9.17, 15) is 18.0 Å². The highest BCUT2D eigenvalue weighted by Gasteiger charge is 2.40. The molecule has 1 N–H and O–H groups in total. The van der Waals surface area contributed by atoms with Gasteiger partial charge in [-0.25, -0.2) is 17.5 Å². The van der Waals surface area contributed by atoms with E-state index in [0.717, 1.165) is 59.8 Å². The summed E-state index contributed by atoms with van der Waals surface area (Å²) in [4.78, 5) is 30.5. The molecule has 0 radical (unpaired) electrons. The van der Waals surface area contributed by atoms with Crippen LogP contribution in [0.4, 0.5) is 0 Å². The second kappa shape index (κ2) is 8.46. The summed E-state index contributed by atoms with van der Waals surface area (Å²) in [5.74, 6) is -0.425. The smallest absolute Gasteiger partial charge is 0.306 e. The number of fused-ring (bicyclic) bond motifs is 2. The first-order chi connectivity index (χ1) is 15.9. The number of rotatable bonds is 6. The number of aromatic amines is 1. The molecule has 1 saturated heterocycles. The minimum absolute atomic E-state index is 0.0495. The average Bonchev–Trinajstić information content (AvgIpc) is 3.22. The van der Waals surface area contributed by atoms with Crippen molar-refractivity contribution in [1.29, 1.82) is 0 Å². The van der Waals surface area contributed by atoms with Crippen molar-refractivity contribution in [2.75, 3.05) is 26.2 Å². The summed E-state index contributed by atoms with van der Waals surface area (Å²) in [6.07, 6.45) is 3.23. The van der Waals surface area contributed by atoms with Gasteiger partial charge in [0.25, 0.3) is 15.9 Å². The van der Waals surface area contributed by atoms with Crippen LogP contribution in [0.25, 0.3) is 11.0 Å². The van der Waals surface area contributed by atoms with Crippen molar-refractivity contribution in [2.45, 2.75) is 43.5 Å². The van der Waals surface area contributed by atoms with Gasteiger partial charge in [0.15, 0.2) is 0 Å². The Bertz CT molecular complexity index is 1370. The zero-order valence-electron chi connectivity index (χ0n) is 18.7. The molecule has 8 nitrogen and oxygen atoms in total. The Morgan fingerprint density at radius 1 is 1.00 bits per heavy atom. The molecule has 2 aromatic carbocycles. The third-order valence-electron chi connectivity index (χ3n) is 6.79. The van der Waals surface area contributed by atoms with Gasteiger partial charge in [0.05, 0.1) is 16.6 Å². The number of carbonyl (C=O) groups excluding carboxylic acids is 1. The molecule has 0 unspecified atom stereocenters. The number of H-pyrrole nitrogens is 1. The van der Waals surface area contributed by atoms with E-state index >= 15 is 0 Å². The zero-order chi connectivity index (χ0) is 23.2. The second-order valence-electron chi connectivity index (χ2n) is 8.98. The Labute approximate surface area is 192 Å². The molecule has 1 fully saturated rings. The number of aryl methyl sites for hydroxylation is 1. The fraction of sp³-hybridized carbons (Fsp3) is 0.417. The number of unbranched alkanes of at least 4 members (excludes halogenated alkanes) is 1. The van der Waals surface area contributed by atoms with Crippen LogP contribution in [0.5, 0.6) is 0 Å². The molecule has 2 aliphatic heterocycles. The zero-order valence-corrected chi connectivity index (χ0v) is 19.5. The quantitative estimate of drug-likeness (QED) is 0.562. The van der Waals surface area contributed by atoms with Gasteiger partial charge in [-0.2, -0.15) is 0 Å². The Morgan fingerprint density at radius 3 is 2.48 bits per heavy atom. The minimum atomic E-state index is -3.72. The number of nitrogens with zero attached hydrogens (tertiary/aromatic N) is 3. The standard InChI is InChI=1S/C24H28N4O4S/c1-17-8-9-21-20(16-17)25-24(30)28(21)18-10-14-26(15-11-18)12-4-5-13-27-23(29)19-6-2-3-7-22(19)33(27,31)32/h2-3,6-9,16,18H,4-5,10-15H2,1H3,(H,25,30). The lowest BCUT2D eigenvalue weighted by molar-refractivity contribution is 0.0868. The SMILES string of the molecule is Cc1ccc2c(c1)[nH]c(=O)n2C1CCN(CCCCN2C(=O)c3ccccc3S2(=O)=O)CC1. The highest BCUT2D eigenvalue weighted by Crippen LogP contribution is 2.30. The van der Waals surface area contributed by atoms with Crippen LogP contribution in [-0.2, 0) is 10.0 Å². The van der Waals surface area contributed by atoms with Crippen LogP contribution in [0.3, 0.4) is 0 Å². The number of benzene rings is 2. The van der Waals surface area contributed by atoms with Gasteiger partial charge in [-0.05, 0) is 69.0 Å². The lowest BCUT2D eigenvalue weighted by Gasteiger charge is -2.32. The van der Waals surface area contributed by atoms with E-state index < -0.39 is 15.9 Å². The van der Waals surface area contributed by atoms with Crippen LogP contribution in [0.15, 0.2) is 52.2 Å². The fourth-order valence-corrected chi connectivity index (χ4v) is 6.66. The van der Waals surface area contributed by atoms with Gasteiger partial charge in [-0.3, -0.25) is 9.36 Å². The maximum Gasteiger partial charge on any atom is 0.326 e. The van der Waals surface area contributed by atoms with Crippen molar-refractivity contribution in [3.05, 3.63) is 64.1 Å². The topological polar surface area (TPSA) is 95.5 Å². The Hall–Kier alpha value is -2.91. The van der Waals surface area contributed by atoms with Gasteiger partial charge in [-0.1, -0.05) is 18.2 Å². The van der Waals surface area contributed by atoms with E-state index in [-0.39, 0.29) is 28.7 Å². The number of sulfonamides is 1. The molecule has 0 spiro atoms. The molecule has 1 aromatic heterocycles. The molecule has 9 heteroatoms. The normalized spacial score (nSPS) is 18.8. The van der Waals surface area contributed by atoms with Crippen molar-refractivity contribution >= 4 is 27.0 Å². The molecule has 0 atom stereocenters. The summed E-state index contributed by atoms with van der Waals surface area (Å²) >= 11 is 0. The molecule has 0 saturated carbocycles. The Balaban J connectivity index is 1.13. The number of carbonyl (C=O) groups is 1. The first-order valence-electron chi connectivity index (χ1n) is 11.5. The summed E-state index contributed by atoms with van der Waals surface area (Å²) in [5, 5.41) is 0. The van der Waals surface area contributed by atoms with Crippen LogP contribution in [0.2, 0.25) is 0 Å². The molecule has 3 heterocycles. The van der Waals surface area contributed by atoms with Gasteiger partial charge in [0.1, 0.15) is 4.90 Å². The third-order valence-corrected chi connectivity index (χ3v) is 8.63. The third kappa shape index (κ3) is 3.89. The summed E-state index contributed by atoms with van der Waals surface area (Å²) in [5.41, 5.74) is 3.18.